The van der Waals surface area contributed by atoms with Crippen LogP contribution in [-0.2, 0) is 14.4 Å². The Balaban J connectivity index is 1.32. The quantitative estimate of drug-likeness (QED) is 0.753. The molecule has 0 aromatic heterocycles. The summed E-state index contributed by atoms with van der Waals surface area (Å²) in [5.74, 6) is -2.88. The van der Waals surface area contributed by atoms with Crippen LogP contribution < -0.4 is 25.0 Å². The Bertz CT molecular complexity index is 1050. The first-order valence-electron chi connectivity index (χ1n) is 9.63. The number of carbonyl (C=O) groups excluding carboxylic acids is 3. The number of nitrogens with one attached hydrogen (secondary N) is 2. The van der Waals surface area contributed by atoms with E-state index in [-0.39, 0.29) is 31.1 Å². The number of benzene rings is 2. The lowest BCUT2D eigenvalue weighted by atomic mass is 10.1. The van der Waals surface area contributed by atoms with Crippen LogP contribution in [-0.4, -0.2) is 44.0 Å². The molecule has 0 spiro atoms. The van der Waals surface area contributed by atoms with Crippen molar-refractivity contribution in [1.29, 1.82) is 0 Å². The van der Waals surface area contributed by atoms with Crippen molar-refractivity contribution in [1.82, 2.24) is 5.32 Å². The highest BCUT2D eigenvalue weighted by atomic mass is 19.2. The van der Waals surface area contributed by atoms with E-state index in [1.165, 1.54) is 11.0 Å². The Hall–Kier alpha value is -3.69. The van der Waals surface area contributed by atoms with Crippen LogP contribution in [0.3, 0.4) is 0 Å². The number of anilines is 2. The van der Waals surface area contributed by atoms with Gasteiger partial charge in [-0.25, -0.2) is 8.78 Å². The van der Waals surface area contributed by atoms with Crippen molar-refractivity contribution in [3.63, 3.8) is 0 Å². The third kappa shape index (κ3) is 4.57. The zero-order valence-corrected chi connectivity index (χ0v) is 16.3. The van der Waals surface area contributed by atoms with Gasteiger partial charge in [0.25, 0.3) is 0 Å². The maximum absolute atomic E-state index is 13.2. The van der Waals surface area contributed by atoms with Crippen molar-refractivity contribution in [3.05, 3.63) is 48.0 Å². The number of amides is 3. The van der Waals surface area contributed by atoms with E-state index in [0.29, 0.717) is 30.4 Å². The average Bonchev–Trinajstić information content (AvgIpc) is 3.16. The van der Waals surface area contributed by atoms with E-state index >= 15 is 0 Å². The number of fused-ring (bicyclic) bond motifs is 1. The van der Waals surface area contributed by atoms with Gasteiger partial charge in [0.1, 0.15) is 13.2 Å². The number of carbonyl (C=O) groups is 3. The number of nitrogens with zero attached hydrogens (tertiary/aromatic N) is 1. The van der Waals surface area contributed by atoms with E-state index in [4.69, 9.17) is 9.47 Å². The van der Waals surface area contributed by atoms with Crippen LogP contribution in [0.5, 0.6) is 11.5 Å². The van der Waals surface area contributed by atoms with Crippen LogP contribution in [0.25, 0.3) is 0 Å². The molecule has 1 saturated heterocycles. The molecule has 2 aliphatic rings. The summed E-state index contributed by atoms with van der Waals surface area (Å²) >= 11 is 0. The topological polar surface area (TPSA) is 97.0 Å². The van der Waals surface area contributed by atoms with Crippen LogP contribution in [0.15, 0.2) is 36.4 Å². The summed E-state index contributed by atoms with van der Waals surface area (Å²) in [4.78, 5) is 38.3. The van der Waals surface area contributed by atoms with E-state index in [1.807, 2.05) is 0 Å². The molecule has 162 valence electrons. The lowest BCUT2D eigenvalue weighted by Crippen LogP contribution is -2.38. The summed E-state index contributed by atoms with van der Waals surface area (Å²) in [6, 6.07) is 8.07. The third-order valence-electron chi connectivity index (χ3n) is 4.96. The number of ether oxygens (including phenoxy) is 2. The summed E-state index contributed by atoms with van der Waals surface area (Å²) in [5.41, 5.74) is 0.666. The highest BCUT2D eigenvalue weighted by Gasteiger charge is 2.35. The fraction of sp³-hybridized carbons (Fsp3) is 0.286. The summed E-state index contributed by atoms with van der Waals surface area (Å²) in [6.07, 6.45) is 0.00503. The number of rotatable bonds is 5. The van der Waals surface area contributed by atoms with Gasteiger partial charge < -0.3 is 25.0 Å². The van der Waals surface area contributed by atoms with Crippen molar-refractivity contribution in [2.45, 2.75) is 6.42 Å². The molecular weight excluding hydrogens is 412 g/mol. The molecule has 2 heterocycles. The van der Waals surface area contributed by atoms with Crippen LogP contribution >= 0.6 is 0 Å². The summed E-state index contributed by atoms with van der Waals surface area (Å²) in [6.45, 7) is 0.671. The van der Waals surface area contributed by atoms with E-state index in [2.05, 4.69) is 10.6 Å². The van der Waals surface area contributed by atoms with Crippen molar-refractivity contribution in [3.8, 4) is 11.5 Å². The molecule has 2 N–H and O–H groups in total. The van der Waals surface area contributed by atoms with Gasteiger partial charge in [-0.2, -0.15) is 0 Å². The second-order valence-electron chi connectivity index (χ2n) is 7.13. The Morgan fingerprint density at radius 1 is 1.03 bits per heavy atom. The monoisotopic (exact) mass is 431 g/mol. The van der Waals surface area contributed by atoms with Gasteiger partial charge in [-0.3, -0.25) is 14.4 Å². The summed E-state index contributed by atoms with van der Waals surface area (Å²) < 4.78 is 37.1. The molecule has 0 bridgehead atoms. The number of halogens is 2. The fourth-order valence-electron chi connectivity index (χ4n) is 3.42. The Kier molecular flexibility index (Phi) is 5.70. The van der Waals surface area contributed by atoms with Crippen LogP contribution in [0, 0.1) is 17.6 Å². The van der Waals surface area contributed by atoms with Gasteiger partial charge >= 0.3 is 0 Å². The van der Waals surface area contributed by atoms with Crippen LogP contribution in [0.2, 0.25) is 0 Å². The highest BCUT2D eigenvalue weighted by molar-refractivity contribution is 6.01. The summed E-state index contributed by atoms with van der Waals surface area (Å²) in [7, 11) is 0. The van der Waals surface area contributed by atoms with Gasteiger partial charge in [0.05, 0.1) is 12.5 Å². The Morgan fingerprint density at radius 3 is 2.58 bits per heavy atom. The molecule has 3 amide bonds. The van der Waals surface area contributed by atoms with Crippen molar-refractivity contribution in [2.75, 3.05) is 36.5 Å². The normalized spacial score (nSPS) is 17.4. The van der Waals surface area contributed by atoms with Crippen LogP contribution in [0.4, 0.5) is 20.2 Å². The third-order valence-corrected chi connectivity index (χ3v) is 4.96. The maximum atomic E-state index is 13.2. The molecule has 31 heavy (non-hydrogen) atoms. The molecule has 8 nitrogen and oxygen atoms in total. The van der Waals surface area contributed by atoms with Gasteiger partial charge in [0.15, 0.2) is 23.1 Å². The van der Waals surface area contributed by atoms with E-state index in [0.717, 1.165) is 12.1 Å². The van der Waals surface area contributed by atoms with Crippen LogP contribution in [0.1, 0.15) is 6.42 Å². The molecule has 2 aliphatic heterocycles. The molecule has 10 heteroatoms. The minimum atomic E-state index is -1.09. The van der Waals surface area contributed by atoms with E-state index in [9.17, 15) is 23.2 Å². The average molecular weight is 431 g/mol. The van der Waals surface area contributed by atoms with Gasteiger partial charge in [0.2, 0.25) is 17.7 Å². The zero-order valence-electron chi connectivity index (χ0n) is 16.3. The smallest absolute Gasteiger partial charge is 0.243 e. The molecule has 0 saturated carbocycles. The molecule has 1 atom stereocenters. The largest absolute Gasteiger partial charge is 0.486 e. The highest BCUT2D eigenvalue weighted by Crippen LogP contribution is 2.35. The lowest BCUT2D eigenvalue weighted by molar-refractivity contribution is -0.127. The first kappa shape index (κ1) is 20.6. The first-order chi connectivity index (χ1) is 14.9. The standard InChI is InChI=1S/C21H19F2N3O5/c22-15-3-1-13(8-16(15)23)25-19(27)10-24-21(29)12-7-20(28)26(11-12)14-2-4-17-18(9-14)31-6-5-30-17/h1-4,8-9,12H,5-7,10-11H2,(H,24,29)(H,25,27)/t12-/m1/s1. The molecule has 2 aromatic carbocycles. The van der Waals surface area contributed by atoms with Gasteiger partial charge in [0, 0.05) is 36.5 Å². The molecule has 0 radical (unpaired) electrons. The zero-order chi connectivity index (χ0) is 22.0. The Morgan fingerprint density at radius 2 is 1.81 bits per heavy atom. The molecule has 4 rings (SSSR count). The lowest BCUT2D eigenvalue weighted by Gasteiger charge is -2.22. The second kappa shape index (κ2) is 8.58. The Labute approximate surface area is 176 Å². The van der Waals surface area contributed by atoms with Gasteiger partial charge in [-0.15, -0.1) is 0 Å². The van der Waals surface area contributed by atoms with E-state index in [1.54, 1.807) is 18.2 Å². The molecular formula is C21H19F2N3O5. The SMILES string of the molecule is O=C(CNC(=O)[C@@H]1CC(=O)N(c2ccc3c(c2)OCCO3)C1)Nc1ccc(F)c(F)c1. The van der Waals surface area contributed by atoms with Gasteiger partial charge in [-0.1, -0.05) is 0 Å². The van der Waals surface area contributed by atoms with Crippen molar-refractivity contribution in [2.24, 2.45) is 5.92 Å². The summed E-state index contributed by atoms with van der Waals surface area (Å²) in [5, 5.41) is 4.84. The maximum Gasteiger partial charge on any atom is 0.243 e. The predicted molar refractivity (Wildman–Crippen MR) is 106 cm³/mol. The molecule has 2 aromatic rings. The van der Waals surface area contributed by atoms with Crippen molar-refractivity contribution >= 4 is 29.1 Å². The van der Waals surface area contributed by atoms with Gasteiger partial charge in [-0.05, 0) is 24.3 Å². The minimum Gasteiger partial charge on any atom is -0.486 e. The minimum absolute atomic E-state index is 0.00503. The first-order valence-corrected chi connectivity index (χ1v) is 9.63. The second-order valence-corrected chi connectivity index (χ2v) is 7.13. The molecule has 0 aliphatic carbocycles. The number of hydrogen-bond donors (Lipinski definition) is 2. The fourth-order valence-corrected chi connectivity index (χ4v) is 3.42. The van der Waals surface area contributed by atoms with Crippen molar-refractivity contribution < 1.29 is 32.6 Å². The molecule has 1 fully saturated rings. The predicted octanol–water partition coefficient (Wildman–Crippen LogP) is 1.84. The number of hydrogen-bond acceptors (Lipinski definition) is 5. The van der Waals surface area contributed by atoms with E-state index < -0.39 is 29.4 Å². The molecule has 0 unspecified atom stereocenters.